The van der Waals surface area contributed by atoms with Crippen molar-refractivity contribution in [3.63, 3.8) is 0 Å². The van der Waals surface area contributed by atoms with E-state index in [0.29, 0.717) is 38.9 Å². The van der Waals surface area contributed by atoms with Gasteiger partial charge in [0.25, 0.3) is 0 Å². The minimum atomic E-state index is -0.902. The van der Waals surface area contributed by atoms with Crippen LogP contribution in [-0.4, -0.2) is 58.4 Å². The molecular weight excluding hydrogens is 284 g/mol. The predicted octanol–water partition coefficient (Wildman–Crippen LogP) is 1.35. The van der Waals surface area contributed by atoms with Gasteiger partial charge in [0.15, 0.2) is 0 Å². The van der Waals surface area contributed by atoms with Crippen LogP contribution in [0.4, 0.5) is 0 Å². The zero-order chi connectivity index (χ0) is 16.3. The number of likely N-dealkylation sites (tertiary alicyclic amines) is 2. The molecule has 1 unspecified atom stereocenters. The average Bonchev–Trinajstić information content (AvgIpc) is 2.53. The number of nitrogens with zero attached hydrogens (tertiary/aromatic N) is 2. The van der Waals surface area contributed by atoms with Crippen LogP contribution in [0.2, 0.25) is 0 Å². The first-order chi connectivity index (χ1) is 10.4. The van der Waals surface area contributed by atoms with Gasteiger partial charge in [-0.1, -0.05) is 13.8 Å². The van der Waals surface area contributed by atoms with Crippen LogP contribution < -0.4 is 0 Å². The van der Waals surface area contributed by atoms with E-state index in [-0.39, 0.29) is 23.7 Å². The highest BCUT2D eigenvalue weighted by atomic mass is 16.4. The summed E-state index contributed by atoms with van der Waals surface area (Å²) in [5.74, 6) is -0.974. The Kier molecular flexibility index (Phi) is 5.42. The summed E-state index contributed by atoms with van der Waals surface area (Å²) in [5, 5.41) is 9.29. The third-order valence-corrected chi connectivity index (χ3v) is 4.72. The van der Waals surface area contributed by atoms with Crippen LogP contribution in [0, 0.1) is 11.8 Å². The molecule has 0 aromatic carbocycles. The summed E-state index contributed by atoms with van der Waals surface area (Å²) in [6.07, 6.45) is 3.56. The maximum atomic E-state index is 12.6. The Balaban J connectivity index is 1.94. The molecule has 2 heterocycles. The smallest absolute Gasteiger partial charge is 0.326 e. The minimum Gasteiger partial charge on any atom is -0.480 e. The monoisotopic (exact) mass is 310 g/mol. The second-order valence-corrected chi connectivity index (χ2v) is 6.64. The van der Waals surface area contributed by atoms with Crippen LogP contribution in [0.1, 0.15) is 46.0 Å². The molecule has 0 radical (unpaired) electrons. The maximum Gasteiger partial charge on any atom is 0.326 e. The van der Waals surface area contributed by atoms with E-state index in [1.165, 1.54) is 0 Å². The van der Waals surface area contributed by atoms with Gasteiger partial charge in [-0.2, -0.15) is 0 Å². The summed E-state index contributed by atoms with van der Waals surface area (Å²) >= 11 is 0. The molecule has 2 aliphatic heterocycles. The summed E-state index contributed by atoms with van der Waals surface area (Å²) in [6.45, 7) is 5.49. The van der Waals surface area contributed by atoms with Crippen LogP contribution in [0.5, 0.6) is 0 Å². The minimum absolute atomic E-state index is 0.0225. The lowest BCUT2D eigenvalue weighted by atomic mass is 9.92. The SMILES string of the molecule is CC(C)C(=O)N1CCC(C(=O)N2CCCCC2C(=O)O)CC1. The largest absolute Gasteiger partial charge is 0.480 e. The topological polar surface area (TPSA) is 77.9 Å². The second-order valence-electron chi connectivity index (χ2n) is 6.64. The molecule has 1 atom stereocenters. The molecule has 0 aromatic rings. The van der Waals surface area contributed by atoms with Crippen molar-refractivity contribution in [1.29, 1.82) is 0 Å². The molecule has 2 aliphatic rings. The fourth-order valence-electron chi connectivity index (χ4n) is 3.40. The normalized spacial score (nSPS) is 23.7. The lowest BCUT2D eigenvalue weighted by Crippen LogP contribution is -2.52. The van der Waals surface area contributed by atoms with E-state index in [9.17, 15) is 19.5 Å². The number of carbonyl (C=O) groups excluding carboxylic acids is 2. The molecule has 0 spiro atoms. The highest BCUT2D eigenvalue weighted by Crippen LogP contribution is 2.25. The van der Waals surface area contributed by atoms with Crippen LogP contribution in [0.15, 0.2) is 0 Å². The fraction of sp³-hybridized carbons (Fsp3) is 0.812. The maximum absolute atomic E-state index is 12.6. The van der Waals surface area contributed by atoms with Gasteiger partial charge in [0, 0.05) is 31.5 Å². The van der Waals surface area contributed by atoms with Crippen molar-refractivity contribution in [2.45, 2.75) is 52.0 Å². The van der Waals surface area contributed by atoms with Crippen LogP contribution >= 0.6 is 0 Å². The number of carboxylic acids is 1. The zero-order valence-electron chi connectivity index (χ0n) is 13.5. The third kappa shape index (κ3) is 3.59. The number of aliphatic carboxylic acids is 1. The molecule has 124 valence electrons. The predicted molar refractivity (Wildman–Crippen MR) is 81.1 cm³/mol. The number of amides is 2. The van der Waals surface area contributed by atoms with Gasteiger partial charge < -0.3 is 14.9 Å². The average molecular weight is 310 g/mol. The zero-order valence-corrected chi connectivity index (χ0v) is 13.5. The van der Waals surface area contributed by atoms with Crippen molar-refractivity contribution in [3.05, 3.63) is 0 Å². The summed E-state index contributed by atoms with van der Waals surface area (Å²) < 4.78 is 0. The molecule has 2 saturated heterocycles. The first-order valence-corrected chi connectivity index (χ1v) is 8.24. The van der Waals surface area contributed by atoms with Crippen LogP contribution in [0.3, 0.4) is 0 Å². The molecule has 0 saturated carbocycles. The van der Waals surface area contributed by atoms with Gasteiger partial charge in [0.05, 0.1) is 0 Å². The Hall–Kier alpha value is -1.59. The molecule has 6 nitrogen and oxygen atoms in total. The molecular formula is C16H26N2O4. The highest BCUT2D eigenvalue weighted by molar-refractivity contribution is 5.85. The molecule has 6 heteroatoms. The lowest BCUT2D eigenvalue weighted by Gasteiger charge is -2.38. The van der Waals surface area contributed by atoms with E-state index in [1.54, 1.807) is 4.90 Å². The number of piperidine rings is 2. The summed E-state index contributed by atoms with van der Waals surface area (Å²) in [6, 6.07) is -0.670. The van der Waals surface area contributed by atoms with E-state index in [1.807, 2.05) is 18.7 Å². The molecule has 0 aliphatic carbocycles. The molecule has 0 bridgehead atoms. The number of carboxylic acid groups (broad SMARTS) is 1. The van der Waals surface area contributed by atoms with Gasteiger partial charge in [-0.15, -0.1) is 0 Å². The van der Waals surface area contributed by atoms with Gasteiger partial charge in [0.2, 0.25) is 11.8 Å². The molecule has 0 aromatic heterocycles. The van der Waals surface area contributed by atoms with Crippen molar-refractivity contribution in [2.24, 2.45) is 11.8 Å². The first kappa shape index (κ1) is 16.8. The Bertz CT molecular complexity index is 441. The fourth-order valence-corrected chi connectivity index (χ4v) is 3.40. The number of hydrogen-bond donors (Lipinski definition) is 1. The molecule has 2 fully saturated rings. The Morgan fingerprint density at radius 2 is 1.64 bits per heavy atom. The summed E-state index contributed by atoms with van der Waals surface area (Å²) in [7, 11) is 0. The number of carbonyl (C=O) groups is 3. The van der Waals surface area contributed by atoms with Gasteiger partial charge in [0.1, 0.15) is 6.04 Å². The molecule has 2 amide bonds. The number of rotatable bonds is 3. The van der Waals surface area contributed by atoms with Crippen molar-refractivity contribution < 1.29 is 19.5 Å². The van der Waals surface area contributed by atoms with E-state index < -0.39 is 12.0 Å². The Morgan fingerprint density at radius 1 is 1.00 bits per heavy atom. The Morgan fingerprint density at radius 3 is 2.18 bits per heavy atom. The van der Waals surface area contributed by atoms with Gasteiger partial charge in [-0.05, 0) is 32.1 Å². The molecule has 22 heavy (non-hydrogen) atoms. The molecule has 1 N–H and O–H groups in total. The van der Waals surface area contributed by atoms with Crippen molar-refractivity contribution in [3.8, 4) is 0 Å². The van der Waals surface area contributed by atoms with Crippen molar-refractivity contribution >= 4 is 17.8 Å². The quantitative estimate of drug-likeness (QED) is 0.853. The standard InChI is InChI=1S/C16H26N2O4/c1-11(2)14(19)17-9-6-12(7-10-17)15(20)18-8-4-3-5-13(18)16(21)22/h11-13H,3-10H2,1-2H3,(H,21,22). The van der Waals surface area contributed by atoms with Crippen molar-refractivity contribution in [2.75, 3.05) is 19.6 Å². The van der Waals surface area contributed by atoms with E-state index in [4.69, 9.17) is 0 Å². The second kappa shape index (κ2) is 7.11. The highest BCUT2D eigenvalue weighted by Gasteiger charge is 2.37. The van der Waals surface area contributed by atoms with Gasteiger partial charge >= 0.3 is 5.97 Å². The Labute approximate surface area is 131 Å². The lowest BCUT2D eigenvalue weighted by molar-refractivity contribution is -0.155. The third-order valence-electron chi connectivity index (χ3n) is 4.72. The van der Waals surface area contributed by atoms with Gasteiger partial charge in [-0.25, -0.2) is 4.79 Å². The van der Waals surface area contributed by atoms with Gasteiger partial charge in [-0.3, -0.25) is 9.59 Å². The summed E-state index contributed by atoms with van der Waals surface area (Å²) in [4.78, 5) is 39.3. The van der Waals surface area contributed by atoms with Crippen LogP contribution in [-0.2, 0) is 14.4 Å². The van der Waals surface area contributed by atoms with E-state index in [2.05, 4.69) is 0 Å². The first-order valence-electron chi connectivity index (χ1n) is 8.24. The number of hydrogen-bond acceptors (Lipinski definition) is 3. The molecule has 2 rings (SSSR count). The van der Waals surface area contributed by atoms with E-state index >= 15 is 0 Å². The van der Waals surface area contributed by atoms with Crippen molar-refractivity contribution in [1.82, 2.24) is 9.80 Å². The van der Waals surface area contributed by atoms with E-state index in [0.717, 1.165) is 12.8 Å². The van der Waals surface area contributed by atoms with Crippen LogP contribution in [0.25, 0.3) is 0 Å². The summed E-state index contributed by atoms with van der Waals surface area (Å²) in [5.41, 5.74) is 0.